The molecule has 0 amide bonds. The Morgan fingerprint density at radius 3 is 1.52 bits per heavy atom. The van der Waals surface area contributed by atoms with Gasteiger partial charge in [0, 0.05) is 14.1 Å². The molecule has 0 aliphatic carbocycles. The molecule has 1 heterocycles. The van der Waals surface area contributed by atoms with Gasteiger partial charge in [0.1, 0.15) is 36.3 Å². The summed E-state index contributed by atoms with van der Waals surface area (Å²) < 4.78 is 21.7. The Hall–Kier alpha value is -3.69. The molecule has 2 aromatic carbocycles. The molecule has 0 saturated carbocycles. The number of benzene rings is 2. The first-order chi connectivity index (χ1) is 20.2. The van der Waals surface area contributed by atoms with Crippen molar-refractivity contribution in [2.45, 2.75) is 26.7 Å². The van der Waals surface area contributed by atoms with Gasteiger partial charge in [-0.3, -0.25) is 9.59 Å². The molecule has 3 rings (SSSR count). The van der Waals surface area contributed by atoms with Gasteiger partial charge < -0.3 is 28.7 Å². The lowest BCUT2D eigenvalue weighted by molar-refractivity contribution is -0.143. The number of esters is 2. The van der Waals surface area contributed by atoms with E-state index >= 15 is 0 Å². The molecule has 226 valence electrons. The standard InChI is InChI=1S/C31H37Cl2N3O6/c1-5-39-30(37)20-22-10-12-26(24(32)18-22)41-16-14-35(3)28-8-7-9-29(34-28)36(4)15-17-42-27-13-11-23(19-25(27)33)21-31(38)40-6-2/h7-13,18-19H,5-6,14-17,20-21H2,1-4H3. The number of pyridine rings is 1. The minimum Gasteiger partial charge on any atom is -0.490 e. The third kappa shape index (κ3) is 10.3. The average molecular weight is 619 g/mol. The van der Waals surface area contributed by atoms with Gasteiger partial charge in [0.05, 0.1) is 49.2 Å². The van der Waals surface area contributed by atoms with Gasteiger partial charge in [-0.1, -0.05) is 41.4 Å². The third-order valence-corrected chi connectivity index (χ3v) is 6.76. The monoisotopic (exact) mass is 617 g/mol. The molecule has 0 radical (unpaired) electrons. The Morgan fingerprint density at radius 2 is 1.14 bits per heavy atom. The first-order valence-electron chi connectivity index (χ1n) is 13.7. The maximum atomic E-state index is 11.7. The zero-order valence-corrected chi connectivity index (χ0v) is 25.9. The number of anilines is 2. The number of likely N-dealkylation sites (N-methyl/N-ethyl adjacent to an activating group) is 2. The molecule has 0 N–H and O–H groups in total. The first kappa shape index (κ1) is 32.8. The molecule has 0 bridgehead atoms. The van der Waals surface area contributed by atoms with Crippen LogP contribution >= 0.6 is 23.2 Å². The van der Waals surface area contributed by atoms with Crippen LogP contribution in [0.4, 0.5) is 11.6 Å². The maximum absolute atomic E-state index is 11.7. The molecule has 0 spiro atoms. The third-order valence-electron chi connectivity index (χ3n) is 6.17. The summed E-state index contributed by atoms with van der Waals surface area (Å²) in [6, 6.07) is 16.4. The van der Waals surface area contributed by atoms with E-state index in [1.165, 1.54) is 0 Å². The van der Waals surface area contributed by atoms with E-state index in [4.69, 9.17) is 47.1 Å². The Balaban J connectivity index is 1.47. The van der Waals surface area contributed by atoms with Crippen molar-refractivity contribution in [3.63, 3.8) is 0 Å². The van der Waals surface area contributed by atoms with Crippen LogP contribution in [0, 0.1) is 0 Å². The number of hydrogen-bond acceptors (Lipinski definition) is 9. The van der Waals surface area contributed by atoms with E-state index in [2.05, 4.69) is 0 Å². The first-order valence-corrected chi connectivity index (χ1v) is 14.5. The van der Waals surface area contributed by atoms with Crippen molar-refractivity contribution < 1.29 is 28.5 Å². The Kier molecular flexibility index (Phi) is 13.0. The number of halogens is 2. The van der Waals surface area contributed by atoms with Gasteiger partial charge in [-0.15, -0.1) is 0 Å². The van der Waals surface area contributed by atoms with E-state index < -0.39 is 0 Å². The maximum Gasteiger partial charge on any atom is 0.310 e. The summed E-state index contributed by atoms with van der Waals surface area (Å²) >= 11 is 12.7. The van der Waals surface area contributed by atoms with Crippen molar-refractivity contribution in [3.8, 4) is 11.5 Å². The fraction of sp³-hybridized carbons (Fsp3) is 0.387. The van der Waals surface area contributed by atoms with E-state index in [0.717, 1.165) is 22.8 Å². The second-order valence-corrected chi connectivity index (χ2v) is 10.2. The number of aromatic nitrogens is 1. The summed E-state index contributed by atoms with van der Waals surface area (Å²) in [4.78, 5) is 32.2. The lowest BCUT2D eigenvalue weighted by Crippen LogP contribution is -2.27. The second kappa shape index (κ2) is 16.7. The Morgan fingerprint density at radius 1 is 0.714 bits per heavy atom. The summed E-state index contributed by atoms with van der Waals surface area (Å²) in [6.07, 6.45) is 0.330. The van der Waals surface area contributed by atoms with Crippen LogP contribution in [-0.2, 0) is 31.9 Å². The summed E-state index contributed by atoms with van der Waals surface area (Å²) in [5.74, 6) is 2.10. The highest BCUT2D eigenvalue weighted by atomic mass is 35.5. The summed E-state index contributed by atoms with van der Waals surface area (Å²) in [5.41, 5.74) is 1.54. The Labute approximate surface area is 257 Å². The number of nitrogens with zero attached hydrogens (tertiary/aromatic N) is 3. The molecule has 1 aromatic heterocycles. The van der Waals surface area contributed by atoms with Gasteiger partial charge in [-0.05, 0) is 61.4 Å². The summed E-state index contributed by atoms with van der Waals surface area (Å²) in [6.45, 7) is 6.17. The lowest BCUT2D eigenvalue weighted by Gasteiger charge is -2.23. The van der Waals surface area contributed by atoms with Gasteiger partial charge in [0.15, 0.2) is 0 Å². The van der Waals surface area contributed by atoms with E-state index in [-0.39, 0.29) is 24.8 Å². The van der Waals surface area contributed by atoms with Gasteiger partial charge in [0.2, 0.25) is 0 Å². The fourth-order valence-corrected chi connectivity index (χ4v) is 4.47. The van der Waals surface area contributed by atoms with Crippen molar-refractivity contribution in [2.75, 3.05) is 63.4 Å². The molecule has 9 nitrogen and oxygen atoms in total. The normalized spacial score (nSPS) is 10.6. The molecule has 0 unspecified atom stereocenters. The number of ether oxygens (including phenoxy) is 4. The van der Waals surface area contributed by atoms with Crippen molar-refractivity contribution in [3.05, 3.63) is 75.8 Å². The topological polar surface area (TPSA) is 90.4 Å². The van der Waals surface area contributed by atoms with Crippen LogP contribution in [0.2, 0.25) is 10.0 Å². The smallest absolute Gasteiger partial charge is 0.310 e. The molecule has 0 aliphatic rings. The fourth-order valence-electron chi connectivity index (χ4n) is 3.95. The molecule has 0 fully saturated rings. The van der Waals surface area contributed by atoms with Crippen molar-refractivity contribution in [2.24, 2.45) is 0 Å². The van der Waals surface area contributed by atoms with Crippen LogP contribution < -0.4 is 19.3 Å². The highest BCUT2D eigenvalue weighted by Crippen LogP contribution is 2.27. The highest BCUT2D eigenvalue weighted by Gasteiger charge is 2.12. The van der Waals surface area contributed by atoms with Crippen LogP contribution in [0.3, 0.4) is 0 Å². The van der Waals surface area contributed by atoms with E-state index in [0.29, 0.717) is 61.1 Å². The largest absolute Gasteiger partial charge is 0.490 e. The van der Waals surface area contributed by atoms with Crippen molar-refractivity contribution >= 4 is 46.8 Å². The van der Waals surface area contributed by atoms with Gasteiger partial charge in [-0.2, -0.15) is 0 Å². The molecular weight excluding hydrogens is 581 g/mol. The molecule has 42 heavy (non-hydrogen) atoms. The van der Waals surface area contributed by atoms with Crippen molar-refractivity contribution in [1.29, 1.82) is 0 Å². The van der Waals surface area contributed by atoms with Gasteiger partial charge in [0.25, 0.3) is 0 Å². The molecule has 0 aliphatic heterocycles. The highest BCUT2D eigenvalue weighted by molar-refractivity contribution is 6.32. The minimum absolute atomic E-state index is 0.165. The number of hydrogen-bond donors (Lipinski definition) is 0. The van der Waals surface area contributed by atoms with Crippen LogP contribution in [0.15, 0.2) is 54.6 Å². The van der Waals surface area contributed by atoms with E-state index in [1.807, 2.05) is 54.2 Å². The lowest BCUT2D eigenvalue weighted by atomic mass is 10.1. The summed E-state index contributed by atoms with van der Waals surface area (Å²) in [7, 11) is 3.88. The summed E-state index contributed by atoms with van der Waals surface area (Å²) in [5, 5.41) is 0.884. The van der Waals surface area contributed by atoms with Crippen molar-refractivity contribution in [1.82, 2.24) is 4.98 Å². The van der Waals surface area contributed by atoms with E-state index in [1.54, 1.807) is 38.1 Å². The van der Waals surface area contributed by atoms with E-state index in [9.17, 15) is 9.59 Å². The predicted octanol–water partition coefficient (Wildman–Crippen LogP) is 5.63. The SMILES string of the molecule is CCOC(=O)Cc1ccc(OCCN(C)c2cccc(N(C)CCOc3ccc(CC(=O)OCC)cc3Cl)n2)c(Cl)c1. The van der Waals surface area contributed by atoms with Crippen LogP contribution in [0.1, 0.15) is 25.0 Å². The number of carbonyl (C=O) groups excluding carboxylic acids is 2. The minimum atomic E-state index is -0.292. The molecule has 0 saturated heterocycles. The number of carbonyl (C=O) groups is 2. The Bertz CT molecular complexity index is 1240. The number of rotatable bonds is 16. The zero-order valence-electron chi connectivity index (χ0n) is 24.4. The molecule has 3 aromatic rings. The van der Waals surface area contributed by atoms with Crippen LogP contribution in [-0.4, -0.2) is 70.5 Å². The second-order valence-electron chi connectivity index (χ2n) is 9.39. The van der Waals surface area contributed by atoms with Crippen LogP contribution in [0.25, 0.3) is 0 Å². The molecule has 0 atom stereocenters. The quantitative estimate of drug-likeness (QED) is 0.190. The van der Waals surface area contributed by atoms with Gasteiger partial charge in [-0.25, -0.2) is 4.98 Å². The average Bonchev–Trinajstić information content (AvgIpc) is 2.95. The zero-order chi connectivity index (χ0) is 30.5. The van der Waals surface area contributed by atoms with Gasteiger partial charge >= 0.3 is 11.9 Å². The molecule has 11 heteroatoms. The predicted molar refractivity (Wildman–Crippen MR) is 165 cm³/mol. The molecular formula is C31H37Cl2N3O6. The van der Waals surface area contributed by atoms with Crippen LogP contribution in [0.5, 0.6) is 11.5 Å².